The maximum Gasteiger partial charge on any atom is 0.169 e. The highest BCUT2D eigenvalue weighted by atomic mass is 32.2. The van der Waals surface area contributed by atoms with Gasteiger partial charge in [-0.1, -0.05) is 6.07 Å². The lowest BCUT2D eigenvalue weighted by molar-refractivity contribution is 0.0892. The first-order valence-electron chi connectivity index (χ1n) is 7.70. The lowest BCUT2D eigenvalue weighted by Crippen LogP contribution is -2.24. The fourth-order valence-electron chi connectivity index (χ4n) is 3.06. The van der Waals surface area contributed by atoms with Crippen molar-refractivity contribution in [3.05, 3.63) is 42.3 Å². The summed E-state index contributed by atoms with van der Waals surface area (Å²) < 4.78 is 31.2. The van der Waals surface area contributed by atoms with E-state index in [2.05, 4.69) is 15.0 Å². The molecule has 1 aliphatic heterocycles. The van der Waals surface area contributed by atoms with Crippen molar-refractivity contribution in [3.8, 4) is 22.1 Å². The minimum atomic E-state index is -3.12. The van der Waals surface area contributed by atoms with E-state index in [0.717, 1.165) is 10.4 Å². The molecule has 0 spiro atoms. The molecule has 1 aliphatic rings. The summed E-state index contributed by atoms with van der Waals surface area (Å²) in [5, 5.41) is 1.98. The molecular weight excluding hydrogens is 360 g/mol. The maximum atomic E-state index is 12.0. The van der Waals surface area contributed by atoms with E-state index in [0.29, 0.717) is 11.6 Å². The van der Waals surface area contributed by atoms with Crippen LogP contribution >= 0.6 is 11.3 Å². The summed E-state index contributed by atoms with van der Waals surface area (Å²) in [7, 11) is -1.59. The molecule has 0 unspecified atom stereocenters. The van der Waals surface area contributed by atoms with Crippen LogP contribution in [0.3, 0.4) is 0 Å². The SMILES string of the molecule is CO[C@@H]1CS(=O)(=O)C[C@H]1n1ccnc1-c1cnc(-c2cccs2)nc1. The van der Waals surface area contributed by atoms with Gasteiger partial charge in [0.15, 0.2) is 15.7 Å². The zero-order chi connectivity index (χ0) is 17.4. The van der Waals surface area contributed by atoms with Gasteiger partial charge in [-0.15, -0.1) is 11.3 Å². The second kappa shape index (κ2) is 6.32. The van der Waals surface area contributed by atoms with Crippen molar-refractivity contribution in [1.29, 1.82) is 0 Å². The third-order valence-corrected chi connectivity index (χ3v) is 6.80. The lowest BCUT2D eigenvalue weighted by Gasteiger charge is -2.20. The Bertz CT molecular complexity index is 965. The molecule has 7 nitrogen and oxygen atoms in total. The number of ether oxygens (including phenoxy) is 1. The van der Waals surface area contributed by atoms with Gasteiger partial charge >= 0.3 is 0 Å². The number of imidazole rings is 1. The zero-order valence-corrected chi connectivity index (χ0v) is 15.1. The van der Waals surface area contributed by atoms with E-state index < -0.39 is 9.84 Å². The van der Waals surface area contributed by atoms with E-state index in [1.807, 2.05) is 22.1 Å². The second-order valence-corrected chi connectivity index (χ2v) is 8.95. The van der Waals surface area contributed by atoms with Crippen molar-refractivity contribution >= 4 is 21.2 Å². The largest absolute Gasteiger partial charge is 0.378 e. The van der Waals surface area contributed by atoms with Crippen LogP contribution in [0.4, 0.5) is 0 Å². The number of aromatic nitrogens is 4. The van der Waals surface area contributed by atoms with Crippen molar-refractivity contribution in [2.75, 3.05) is 18.6 Å². The molecule has 0 radical (unpaired) electrons. The van der Waals surface area contributed by atoms with Crippen LogP contribution in [0.1, 0.15) is 6.04 Å². The topological polar surface area (TPSA) is 87.0 Å². The molecule has 0 amide bonds. The van der Waals surface area contributed by atoms with Crippen LogP contribution < -0.4 is 0 Å². The number of nitrogens with zero attached hydrogens (tertiary/aromatic N) is 4. The fraction of sp³-hybridized carbons (Fsp3) is 0.312. The predicted molar refractivity (Wildman–Crippen MR) is 95.1 cm³/mol. The number of thiophene rings is 1. The first-order chi connectivity index (χ1) is 12.1. The monoisotopic (exact) mass is 376 g/mol. The van der Waals surface area contributed by atoms with Gasteiger partial charge in [-0.3, -0.25) is 0 Å². The minimum Gasteiger partial charge on any atom is -0.378 e. The van der Waals surface area contributed by atoms with Crippen LogP contribution in [0.5, 0.6) is 0 Å². The predicted octanol–water partition coefficient (Wildman–Crippen LogP) is 2.05. The summed E-state index contributed by atoms with van der Waals surface area (Å²) in [6, 6.07) is 3.62. The number of hydrogen-bond acceptors (Lipinski definition) is 7. The van der Waals surface area contributed by atoms with E-state index in [1.54, 1.807) is 36.1 Å². The highest BCUT2D eigenvalue weighted by Crippen LogP contribution is 2.31. The summed E-state index contributed by atoms with van der Waals surface area (Å²) in [6.07, 6.45) is 6.47. The average Bonchev–Trinajstić information content (AvgIpc) is 3.34. The molecule has 3 aromatic rings. The molecule has 0 bridgehead atoms. The first kappa shape index (κ1) is 16.4. The van der Waals surface area contributed by atoms with Gasteiger partial charge in [-0.25, -0.2) is 23.4 Å². The quantitative estimate of drug-likeness (QED) is 0.693. The lowest BCUT2D eigenvalue weighted by atomic mass is 10.2. The molecule has 4 rings (SSSR count). The van der Waals surface area contributed by atoms with Gasteiger partial charge in [0.1, 0.15) is 5.82 Å². The van der Waals surface area contributed by atoms with E-state index in [1.165, 1.54) is 7.11 Å². The minimum absolute atomic E-state index is 0.0274. The molecule has 25 heavy (non-hydrogen) atoms. The van der Waals surface area contributed by atoms with Gasteiger partial charge in [-0.05, 0) is 11.4 Å². The molecule has 9 heteroatoms. The number of rotatable bonds is 4. The standard InChI is InChI=1S/C16H16N4O3S2/c1-23-13-10-25(21,22)9-12(13)20-5-4-17-16(20)11-7-18-15(19-8-11)14-3-2-6-24-14/h2-8,12-13H,9-10H2,1H3/t12-,13-/m1/s1. The Kier molecular flexibility index (Phi) is 4.14. The van der Waals surface area contributed by atoms with Crippen LogP contribution in [-0.2, 0) is 14.6 Å². The molecule has 0 aliphatic carbocycles. The van der Waals surface area contributed by atoms with Crippen molar-refractivity contribution in [2.24, 2.45) is 0 Å². The normalized spacial score (nSPS) is 22.3. The van der Waals surface area contributed by atoms with E-state index in [9.17, 15) is 8.42 Å². The Balaban J connectivity index is 1.68. The maximum absolute atomic E-state index is 12.0. The number of hydrogen-bond donors (Lipinski definition) is 0. The third-order valence-electron chi connectivity index (χ3n) is 4.25. The Morgan fingerprint density at radius 3 is 2.72 bits per heavy atom. The van der Waals surface area contributed by atoms with Crippen molar-refractivity contribution in [2.45, 2.75) is 12.1 Å². The van der Waals surface area contributed by atoms with Crippen molar-refractivity contribution in [1.82, 2.24) is 19.5 Å². The molecule has 0 aromatic carbocycles. The summed E-state index contributed by atoms with van der Waals surface area (Å²) in [4.78, 5) is 14.2. The van der Waals surface area contributed by atoms with Crippen LogP contribution in [0, 0.1) is 0 Å². The summed E-state index contributed by atoms with van der Waals surface area (Å²) in [5.74, 6) is 1.37. The molecule has 0 saturated carbocycles. The summed E-state index contributed by atoms with van der Waals surface area (Å²) in [6.45, 7) is 0. The zero-order valence-electron chi connectivity index (χ0n) is 13.4. The third kappa shape index (κ3) is 3.10. The second-order valence-electron chi connectivity index (χ2n) is 5.85. The number of methoxy groups -OCH3 is 1. The van der Waals surface area contributed by atoms with E-state index >= 15 is 0 Å². The number of sulfone groups is 1. The highest BCUT2D eigenvalue weighted by molar-refractivity contribution is 7.91. The van der Waals surface area contributed by atoms with E-state index in [-0.39, 0.29) is 23.7 Å². The van der Waals surface area contributed by atoms with Crippen LogP contribution in [0.15, 0.2) is 42.3 Å². The van der Waals surface area contributed by atoms with Gasteiger partial charge in [0.05, 0.1) is 34.1 Å². The highest BCUT2D eigenvalue weighted by Gasteiger charge is 2.39. The van der Waals surface area contributed by atoms with Crippen LogP contribution in [-0.4, -0.2) is 52.7 Å². The van der Waals surface area contributed by atoms with E-state index in [4.69, 9.17) is 4.74 Å². The molecule has 0 N–H and O–H groups in total. The summed E-state index contributed by atoms with van der Waals surface area (Å²) >= 11 is 1.58. The Labute approximate surface area is 149 Å². The van der Waals surface area contributed by atoms with Crippen molar-refractivity contribution < 1.29 is 13.2 Å². The van der Waals surface area contributed by atoms with Gasteiger partial charge in [0.2, 0.25) is 0 Å². The molecule has 1 saturated heterocycles. The van der Waals surface area contributed by atoms with Crippen LogP contribution in [0.25, 0.3) is 22.1 Å². The molecule has 3 aromatic heterocycles. The fourth-order valence-corrected chi connectivity index (χ4v) is 5.62. The summed E-state index contributed by atoms with van der Waals surface area (Å²) in [5.41, 5.74) is 0.740. The van der Waals surface area contributed by atoms with Gasteiger partial charge in [0.25, 0.3) is 0 Å². The average molecular weight is 376 g/mol. The van der Waals surface area contributed by atoms with Gasteiger partial charge in [0, 0.05) is 31.9 Å². The van der Waals surface area contributed by atoms with Crippen molar-refractivity contribution in [3.63, 3.8) is 0 Å². The Hall–Kier alpha value is -2.10. The molecule has 130 valence electrons. The molecule has 4 heterocycles. The smallest absolute Gasteiger partial charge is 0.169 e. The molecule has 1 fully saturated rings. The molecular formula is C16H16N4O3S2. The van der Waals surface area contributed by atoms with Gasteiger partial charge in [-0.2, -0.15) is 0 Å². The Morgan fingerprint density at radius 2 is 2.04 bits per heavy atom. The Morgan fingerprint density at radius 1 is 1.24 bits per heavy atom. The van der Waals surface area contributed by atoms with Crippen LogP contribution in [0.2, 0.25) is 0 Å². The first-order valence-corrected chi connectivity index (χ1v) is 10.4. The van der Waals surface area contributed by atoms with Gasteiger partial charge < -0.3 is 9.30 Å². The molecule has 2 atom stereocenters.